The van der Waals surface area contributed by atoms with E-state index < -0.39 is 0 Å². The molecule has 1 aliphatic heterocycles. The van der Waals surface area contributed by atoms with Crippen molar-refractivity contribution in [2.75, 3.05) is 0 Å². The van der Waals surface area contributed by atoms with Crippen molar-refractivity contribution in [2.45, 2.75) is 19.0 Å². The molecule has 0 fully saturated rings. The van der Waals surface area contributed by atoms with Gasteiger partial charge in [0.15, 0.2) is 5.84 Å². The smallest absolute Gasteiger partial charge is 0.211 e. The lowest BCUT2D eigenvalue weighted by Crippen LogP contribution is -2.38. The first-order chi connectivity index (χ1) is 25.3. The lowest BCUT2D eigenvalue weighted by Gasteiger charge is -2.26. The summed E-state index contributed by atoms with van der Waals surface area (Å²) in [6.45, 7) is 0. The van der Waals surface area contributed by atoms with Crippen LogP contribution < -0.4 is 5.32 Å². The highest BCUT2D eigenvalue weighted by molar-refractivity contribution is 7.25. The lowest BCUT2D eigenvalue weighted by atomic mass is 10.0. The van der Waals surface area contributed by atoms with Gasteiger partial charge in [-0.25, -0.2) is 4.99 Å². The Kier molecular flexibility index (Phi) is 6.24. The zero-order chi connectivity index (χ0) is 33.5. The number of rotatable bonds is 3. The predicted octanol–water partition coefficient (Wildman–Crippen LogP) is 11.0. The van der Waals surface area contributed by atoms with Crippen molar-refractivity contribution < 1.29 is 0 Å². The van der Waals surface area contributed by atoms with E-state index in [9.17, 15) is 0 Å². The molecule has 11 rings (SSSR count). The summed E-state index contributed by atoms with van der Waals surface area (Å²) in [4.78, 5) is 10.7. The molecule has 9 aromatic rings. The quantitative estimate of drug-likeness (QED) is 0.199. The van der Waals surface area contributed by atoms with E-state index >= 15 is 0 Å². The SMILES string of the molecule is C1=Cc2c(n(C3=NC(c4ccc5c(c4)sc4ccccc45)=NC(c4ccccc4)N3)c3c2ccc2c4ccccc4n(-c4ccccc4)c23)CC1. The molecule has 0 saturated carbocycles. The molecule has 0 radical (unpaired) electrons. The van der Waals surface area contributed by atoms with Crippen molar-refractivity contribution >= 4 is 82.1 Å². The highest BCUT2D eigenvalue weighted by Crippen LogP contribution is 2.41. The molecule has 0 bridgehead atoms. The number of hydrogen-bond donors (Lipinski definition) is 1. The predicted molar refractivity (Wildman–Crippen MR) is 215 cm³/mol. The van der Waals surface area contributed by atoms with Crippen LogP contribution in [0.5, 0.6) is 0 Å². The molecule has 0 amide bonds. The van der Waals surface area contributed by atoms with Crippen LogP contribution in [0, 0.1) is 0 Å². The first-order valence-electron chi connectivity index (χ1n) is 17.5. The maximum atomic E-state index is 5.44. The van der Waals surface area contributed by atoms with Gasteiger partial charge in [0.05, 0.1) is 16.6 Å². The number of thiophene rings is 1. The van der Waals surface area contributed by atoms with Gasteiger partial charge in [0.2, 0.25) is 5.96 Å². The van der Waals surface area contributed by atoms with Gasteiger partial charge in [-0.3, -0.25) is 4.57 Å². The minimum atomic E-state index is -0.307. The van der Waals surface area contributed by atoms with Crippen LogP contribution in [0.15, 0.2) is 156 Å². The van der Waals surface area contributed by atoms with Gasteiger partial charge >= 0.3 is 0 Å². The van der Waals surface area contributed by atoms with E-state index in [1.807, 2.05) is 11.3 Å². The standard InChI is InChI=1S/C45H31N5S/c1-3-13-28(14-4-1)43-46-44(29-23-24-34-33-19-9-12-22-39(33)51-40(34)27-29)48-45(47-43)50-38-21-11-8-18-32(38)36-26-25-35-31-17-7-10-20-37(31)49(41(35)42(36)50)30-15-5-2-6-16-30/h1-10,12-20,22-27,43H,11,21H2,(H,46,47,48). The molecule has 1 atom stereocenters. The fourth-order valence-electron chi connectivity index (χ4n) is 8.18. The van der Waals surface area contributed by atoms with Crippen LogP contribution in [0.25, 0.3) is 64.6 Å². The van der Waals surface area contributed by atoms with Gasteiger partial charge in [0.1, 0.15) is 6.17 Å². The van der Waals surface area contributed by atoms with Crippen molar-refractivity contribution in [3.05, 3.63) is 168 Å². The van der Waals surface area contributed by atoms with E-state index in [0.29, 0.717) is 0 Å². The molecule has 2 aliphatic rings. The van der Waals surface area contributed by atoms with Gasteiger partial charge in [0.25, 0.3) is 0 Å². The summed E-state index contributed by atoms with van der Waals surface area (Å²) in [5.41, 5.74) is 9.30. The zero-order valence-electron chi connectivity index (χ0n) is 27.6. The number of para-hydroxylation sites is 2. The third-order valence-corrected chi connectivity index (χ3v) is 11.6. The second-order valence-electron chi connectivity index (χ2n) is 13.3. The Balaban J connectivity index is 1.21. The number of hydrogen-bond acceptors (Lipinski definition) is 4. The van der Waals surface area contributed by atoms with E-state index in [1.165, 1.54) is 58.6 Å². The van der Waals surface area contributed by atoms with Gasteiger partial charge in [-0.2, -0.15) is 4.99 Å². The van der Waals surface area contributed by atoms with Gasteiger partial charge in [0, 0.05) is 58.8 Å². The van der Waals surface area contributed by atoms with Crippen LogP contribution in [-0.4, -0.2) is 20.9 Å². The van der Waals surface area contributed by atoms with Gasteiger partial charge in [-0.1, -0.05) is 121 Å². The average molecular weight is 674 g/mol. The summed E-state index contributed by atoms with van der Waals surface area (Å²) in [6.07, 6.45) is 6.20. The molecule has 51 heavy (non-hydrogen) atoms. The highest BCUT2D eigenvalue weighted by atomic mass is 32.1. The molecular weight excluding hydrogens is 643 g/mol. The van der Waals surface area contributed by atoms with E-state index in [2.05, 4.69) is 166 Å². The van der Waals surface area contributed by atoms with Crippen LogP contribution in [-0.2, 0) is 6.42 Å². The Bertz CT molecular complexity index is 2940. The molecule has 4 heterocycles. The largest absolute Gasteiger partial charge is 0.330 e. The minimum Gasteiger partial charge on any atom is -0.330 e. The first kappa shape index (κ1) is 28.6. The normalized spacial score (nSPS) is 15.8. The molecule has 3 aromatic heterocycles. The number of allylic oxidation sites excluding steroid dienone is 1. The minimum absolute atomic E-state index is 0.307. The number of amidine groups is 1. The maximum absolute atomic E-state index is 5.44. The number of fused-ring (bicyclic) bond motifs is 10. The fraction of sp³-hybridized carbons (Fsp3) is 0.0667. The Morgan fingerprint density at radius 3 is 2.22 bits per heavy atom. The molecule has 242 valence electrons. The summed E-state index contributed by atoms with van der Waals surface area (Å²) >= 11 is 1.82. The van der Waals surface area contributed by atoms with Crippen molar-refractivity contribution in [1.82, 2.24) is 14.5 Å². The highest BCUT2D eigenvalue weighted by Gasteiger charge is 2.29. The molecule has 1 aliphatic carbocycles. The number of aliphatic imine (C=N–C) groups is 2. The summed E-state index contributed by atoms with van der Waals surface area (Å²) in [5, 5.41) is 10.1. The lowest BCUT2D eigenvalue weighted by molar-refractivity contribution is 0.656. The Morgan fingerprint density at radius 1 is 0.627 bits per heavy atom. The van der Waals surface area contributed by atoms with Crippen molar-refractivity contribution in [2.24, 2.45) is 9.98 Å². The summed E-state index contributed by atoms with van der Waals surface area (Å²) < 4.78 is 7.38. The number of nitrogens with one attached hydrogen (secondary N) is 1. The zero-order valence-corrected chi connectivity index (χ0v) is 28.4. The van der Waals surface area contributed by atoms with Crippen LogP contribution >= 0.6 is 11.3 Å². The van der Waals surface area contributed by atoms with Gasteiger partial charge in [-0.05, 0) is 48.7 Å². The molecular formula is C45H31N5S. The number of nitrogens with zero attached hydrogens (tertiary/aromatic N) is 4. The summed E-state index contributed by atoms with van der Waals surface area (Å²) in [5.74, 6) is 1.53. The number of benzene rings is 6. The van der Waals surface area contributed by atoms with Crippen molar-refractivity contribution in [1.29, 1.82) is 0 Å². The second-order valence-corrected chi connectivity index (χ2v) is 14.4. The number of aromatic nitrogens is 2. The first-order valence-corrected chi connectivity index (χ1v) is 18.3. The van der Waals surface area contributed by atoms with E-state index in [0.717, 1.165) is 47.0 Å². The molecule has 0 saturated heterocycles. The van der Waals surface area contributed by atoms with E-state index in [4.69, 9.17) is 9.98 Å². The second kappa shape index (κ2) is 11.1. The average Bonchev–Trinajstić information content (AvgIpc) is 3.86. The van der Waals surface area contributed by atoms with Crippen LogP contribution in [0.3, 0.4) is 0 Å². The Hall–Kier alpha value is -6.24. The maximum Gasteiger partial charge on any atom is 0.211 e. The van der Waals surface area contributed by atoms with Gasteiger partial charge in [-0.15, -0.1) is 11.3 Å². The Labute approximate surface area is 298 Å². The topological polar surface area (TPSA) is 46.6 Å². The summed E-state index contributed by atoms with van der Waals surface area (Å²) in [6, 6.07) is 50.0. The molecule has 6 heteroatoms. The van der Waals surface area contributed by atoms with Crippen LogP contribution in [0.4, 0.5) is 0 Å². The molecule has 1 N–H and O–H groups in total. The Morgan fingerprint density at radius 2 is 1.33 bits per heavy atom. The van der Waals surface area contributed by atoms with Crippen molar-refractivity contribution in [3.8, 4) is 5.69 Å². The van der Waals surface area contributed by atoms with Crippen LogP contribution in [0.1, 0.15) is 35.0 Å². The monoisotopic (exact) mass is 673 g/mol. The van der Waals surface area contributed by atoms with E-state index in [-0.39, 0.29) is 6.17 Å². The summed E-state index contributed by atoms with van der Waals surface area (Å²) in [7, 11) is 0. The van der Waals surface area contributed by atoms with Crippen molar-refractivity contribution in [3.63, 3.8) is 0 Å². The molecule has 6 aromatic carbocycles. The third kappa shape index (κ3) is 4.33. The molecule has 0 spiro atoms. The van der Waals surface area contributed by atoms with Crippen LogP contribution in [0.2, 0.25) is 0 Å². The van der Waals surface area contributed by atoms with E-state index in [1.54, 1.807) is 0 Å². The van der Waals surface area contributed by atoms with Gasteiger partial charge < -0.3 is 9.88 Å². The molecule has 5 nitrogen and oxygen atoms in total. The molecule has 1 unspecified atom stereocenters. The third-order valence-electron chi connectivity index (χ3n) is 10.4. The fourth-order valence-corrected chi connectivity index (χ4v) is 9.32.